The molecule has 2 aromatic carbocycles. The number of hydrogen-bond donors (Lipinski definition) is 1. The summed E-state index contributed by atoms with van der Waals surface area (Å²) in [4.78, 5) is 37.0. The van der Waals surface area contributed by atoms with Gasteiger partial charge in [-0.2, -0.15) is 0 Å². The van der Waals surface area contributed by atoms with Gasteiger partial charge in [0.25, 0.3) is 11.6 Å². The van der Waals surface area contributed by atoms with Gasteiger partial charge in [-0.1, -0.05) is 12.1 Å². The molecule has 0 saturated carbocycles. The van der Waals surface area contributed by atoms with Gasteiger partial charge in [-0.15, -0.1) is 0 Å². The molecule has 0 bridgehead atoms. The van der Waals surface area contributed by atoms with Crippen molar-refractivity contribution in [1.29, 1.82) is 0 Å². The van der Waals surface area contributed by atoms with Gasteiger partial charge >= 0.3 is 0 Å². The van der Waals surface area contributed by atoms with Crippen LogP contribution in [0.3, 0.4) is 0 Å². The third kappa shape index (κ3) is 3.16. The van der Waals surface area contributed by atoms with Crippen LogP contribution in [0.2, 0.25) is 0 Å². The van der Waals surface area contributed by atoms with Crippen molar-refractivity contribution in [2.24, 2.45) is 0 Å². The third-order valence-corrected chi connectivity index (χ3v) is 4.22. The number of benzene rings is 2. The Bertz CT molecular complexity index is 851. The van der Waals surface area contributed by atoms with E-state index in [0.29, 0.717) is 29.4 Å². The van der Waals surface area contributed by atoms with Gasteiger partial charge in [-0.3, -0.25) is 19.7 Å². The van der Waals surface area contributed by atoms with E-state index in [0.717, 1.165) is 0 Å². The standard InChI is InChI=1S/C17H17N3O5/c1-25-10-15-16(21)18-7-8-19(15)17(22)14-4-2-3-11-9-12(20(23)24)5-6-13(11)14/h2-6,9,15H,7-8,10H2,1H3,(H,18,21)/t15-/m1/s1. The number of hydrogen-bond acceptors (Lipinski definition) is 5. The molecule has 1 fully saturated rings. The van der Waals surface area contributed by atoms with Gasteiger partial charge < -0.3 is 15.0 Å². The minimum atomic E-state index is -0.695. The number of ether oxygens (including phenoxy) is 1. The van der Waals surface area contributed by atoms with E-state index in [1.807, 2.05) is 0 Å². The molecule has 1 aliphatic rings. The highest BCUT2D eigenvalue weighted by Gasteiger charge is 2.34. The monoisotopic (exact) mass is 343 g/mol. The van der Waals surface area contributed by atoms with Crippen LogP contribution in [0.25, 0.3) is 10.8 Å². The molecule has 0 unspecified atom stereocenters. The maximum Gasteiger partial charge on any atom is 0.270 e. The molecule has 1 atom stereocenters. The quantitative estimate of drug-likeness (QED) is 0.667. The number of nitrogens with one attached hydrogen (secondary N) is 1. The van der Waals surface area contributed by atoms with Gasteiger partial charge in [0.2, 0.25) is 5.91 Å². The molecule has 0 aliphatic carbocycles. The van der Waals surface area contributed by atoms with Crippen molar-refractivity contribution in [2.45, 2.75) is 6.04 Å². The van der Waals surface area contributed by atoms with E-state index in [2.05, 4.69) is 5.32 Å². The van der Waals surface area contributed by atoms with Crippen LogP contribution in [0, 0.1) is 10.1 Å². The van der Waals surface area contributed by atoms with Gasteiger partial charge in [0.1, 0.15) is 6.04 Å². The second-order valence-electron chi connectivity index (χ2n) is 5.73. The molecule has 2 aromatic rings. The molecule has 1 saturated heterocycles. The highest BCUT2D eigenvalue weighted by molar-refractivity contribution is 6.08. The Balaban J connectivity index is 2.01. The lowest BCUT2D eigenvalue weighted by Crippen LogP contribution is -2.58. The molecule has 3 rings (SSSR count). The molecular formula is C17H17N3O5. The number of carbonyl (C=O) groups is 2. The number of nitro groups is 1. The van der Waals surface area contributed by atoms with E-state index in [9.17, 15) is 19.7 Å². The fourth-order valence-corrected chi connectivity index (χ4v) is 3.01. The Kier molecular flexibility index (Phi) is 4.62. The zero-order valence-corrected chi connectivity index (χ0v) is 13.6. The Morgan fingerprint density at radius 2 is 2.20 bits per heavy atom. The number of amides is 2. The molecule has 8 nitrogen and oxygen atoms in total. The zero-order valence-electron chi connectivity index (χ0n) is 13.6. The molecule has 0 radical (unpaired) electrons. The largest absolute Gasteiger partial charge is 0.382 e. The Labute approximate surface area is 143 Å². The number of piperazine rings is 1. The summed E-state index contributed by atoms with van der Waals surface area (Å²) < 4.78 is 5.07. The first kappa shape index (κ1) is 16.8. The highest BCUT2D eigenvalue weighted by Crippen LogP contribution is 2.25. The lowest BCUT2D eigenvalue weighted by atomic mass is 10.0. The summed E-state index contributed by atoms with van der Waals surface area (Å²) in [6, 6.07) is 8.72. The van der Waals surface area contributed by atoms with E-state index in [-0.39, 0.29) is 24.1 Å². The summed E-state index contributed by atoms with van der Waals surface area (Å²) in [7, 11) is 1.47. The van der Waals surface area contributed by atoms with Crippen molar-refractivity contribution in [3.8, 4) is 0 Å². The number of fused-ring (bicyclic) bond motifs is 1. The molecular weight excluding hydrogens is 326 g/mol. The Morgan fingerprint density at radius 3 is 2.92 bits per heavy atom. The molecule has 8 heteroatoms. The molecule has 1 aliphatic heterocycles. The molecule has 0 spiro atoms. The van der Waals surface area contributed by atoms with Crippen molar-refractivity contribution < 1.29 is 19.2 Å². The van der Waals surface area contributed by atoms with Crippen LogP contribution in [-0.2, 0) is 9.53 Å². The van der Waals surface area contributed by atoms with Gasteiger partial charge in [0, 0.05) is 37.9 Å². The predicted molar refractivity (Wildman–Crippen MR) is 90.3 cm³/mol. The lowest BCUT2D eigenvalue weighted by Gasteiger charge is -2.34. The van der Waals surface area contributed by atoms with Crippen LogP contribution >= 0.6 is 0 Å². The van der Waals surface area contributed by atoms with E-state index < -0.39 is 11.0 Å². The topological polar surface area (TPSA) is 102 Å². The van der Waals surface area contributed by atoms with Crippen LogP contribution in [0.5, 0.6) is 0 Å². The lowest BCUT2D eigenvalue weighted by molar-refractivity contribution is -0.384. The Morgan fingerprint density at radius 1 is 1.40 bits per heavy atom. The van der Waals surface area contributed by atoms with Crippen molar-refractivity contribution in [1.82, 2.24) is 10.2 Å². The van der Waals surface area contributed by atoms with E-state index in [4.69, 9.17) is 4.74 Å². The summed E-state index contributed by atoms with van der Waals surface area (Å²) in [6.07, 6.45) is 0. The summed E-state index contributed by atoms with van der Waals surface area (Å²) in [5.41, 5.74) is 0.370. The molecule has 1 N–H and O–H groups in total. The van der Waals surface area contributed by atoms with E-state index in [1.165, 1.54) is 24.1 Å². The van der Waals surface area contributed by atoms with Crippen LogP contribution < -0.4 is 5.32 Å². The predicted octanol–water partition coefficient (Wildman–Crippen LogP) is 1.34. The summed E-state index contributed by atoms with van der Waals surface area (Å²) in [5, 5.41) is 14.9. The Hall–Kier alpha value is -3.00. The van der Waals surface area contributed by atoms with Crippen LogP contribution in [0.1, 0.15) is 10.4 Å². The van der Waals surface area contributed by atoms with Gasteiger partial charge in [0.15, 0.2) is 0 Å². The van der Waals surface area contributed by atoms with Gasteiger partial charge in [-0.25, -0.2) is 0 Å². The van der Waals surface area contributed by atoms with Crippen molar-refractivity contribution >= 4 is 28.3 Å². The van der Waals surface area contributed by atoms with Crippen LogP contribution in [0.4, 0.5) is 5.69 Å². The zero-order chi connectivity index (χ0) is 18.0. The van der Waals surface area contributed by atoms with Crippen LogP contribution in [0.15, 0.2) is 36.4 Å². The number of nitro benzene ring substituents is 1. The first-order chi connectivity index (χ1) is 12.0. The smallest absolute Gasteiger partial charge is 0.270 e. The minimum Gasteiger partial charge on any atom is -0.382 e. The van der Waals surface area contributed by atoms with E-state index >= 15 is 0 Å². The molecule has 2 amide bonds. The molecule has 1 heterocycles. The first-order valence-electron chi connectivity index (χ1n) is 7.77. The number of non-ortho nitro benzene ring substituents is 1. The molecule has 130 valence electrons. The number of carbonyl (C=O) groups excluding carboxylic acids is 2. The first-order valence-corrected chi connectivity index (χ1v) is 7.77. The summed E-state index contributed by atoms with van der Waals surface area (Å²) in [6.45, 7) is 0.858. The molecule has 0 aromatic heterocycles. The fraction of sp³-hybridized carbons (Fsp3) is 0.294. The SMILES string of the molecule is COC[C@@H]1C(=O)NCCN1C(=O)c1cccc2cc([N+](=O)[O-])ccc12. The summed E-state index contributed by atoms with van der Waals surface area (Å²) in [5.74, 6) is -0.548. The molecule has 25 heavy (non-hydrogen) atoms. The van der Waals surface area contributed by atoms with Crippen molar-refractivity contribution in [3.63, 3.8) is 0 Å². The van der Waals surface area contributed by atoms with Crippen LogP contribution in [-0.4, -0.2) is 54.5 Å². The maximum atomic E-state index is 13.0. The van der Waals surface area contributed by atoms with Crippen molar-refractivity contribution in [3.05, 3.63) is 52.1 Å². The second-order valence-corrected chi connectivity index (χ2v) is 5.73. The number of nitrogens with zero attached hydrogens (tertiary/aromatic N) is 2. The fourth-order valence-electron chi connectivity index (χ4n) is 3.01. The minimum absolute atomic E-state index is 0.0355. The summed E-state index contributed by atoms with van der Waals surface area (Å²) >= 11 is 0. The highest BCUT2D eigenvalue weighted by atomic mass is 16.6. The number of methoxy groups -OCH3 is 1. The van der Waals surface area contributed by atoms with Crippen molar-refractivity contribution in [2.75, 3.05) is 26.8 Å². The number of rotatable bonds is 4. The maximum absolute atomic E-state index is 13.0. The van der Waals surface area contributed by atoms with Gasteiger partial charge in [0.05, 0.1) is 11.5 Å². The van der Waals surface area contributed by atoms with E-state index in [1.54, 1.807) is 24.3 Å². The normalized spacial score (nSPS) is 17.4. The second kappa shape index (κ2) is 6.86. The average molecular weight is 343 g/mol. The third-order valence-electron chi connectivity index (χ3n) is 4.22. The van der Waals surface area contributed by atoms with Gasteiger partial charge in [-0.05, 0) is 22.9 Å². The average Bonchev–Trinajstić information content (AvgIpc) is 2.62.